The molecule has 0 saturated carbocycles. The Bertz CT molecular complexity index is 849. The molecule has 1 aromatic carbocycles. The van der Waals surface area contributed by atoms with Crippen LogP contribution in [0.15, 0.2) is 24.3 Å². The van der Waals surface area contributed by atoms with E-state index in [4.69, 9.17) is 4.74 Å². The Kier molecular flexibility index (Phi) is 4.53. The van der Waals surface area contributed by atoms with E-state index in [0.717, 1.165) is 44.2 Å². The fourth-order valence-electron chi connectivity index (χ4n) is 4.16. The van der Waals surface area contributed by atoms with E-state index in [9.17, 15) is 4.79 Å². The zero-order valence-electron chi connectivity index (χ0n) is 16.3. The van der Waals surface area contributed by atoms with Crippen LogP contribution in [0.2, 0.25) is 0 Å². The molecular weight excluding hydrogens is 342 g/mol. The van der Waals surface area contributed by atoms with Gasteiger partial charge in [-0.15, -0.1) is 10.2 Å². The van der Waals surface area contributed by atoms with Crippen LogP contribution in [0, 0.1) is 6.92 Å². The van der Waals surface area contributed by atoms with Crippen LogP contribution in [0.4, 0.5) is 10.7 Å². The number of carbonyl (C=O) groups excluding carboxylic acids is 1. The van der Waals surface area contributed by atoms with Crippen molar-refractivity contribution < 1.29 is 9.53 Å². The Morgan fingerprint density at radius 3 is 2.85 bits per heavy atom. The van der Waals surface area contributed by atoms with Crippen LogP contribution >= 0.6 is 0 Å². The molecule has 1 amide bonds. The molecule has 27 heavy (non-hydrogen) atoms. The number of carbonyl (C=O) groups is 1. The zero-order chi connectivity index (χ0) is 19.0. The van der Waals surface area contributed by atoms with E-state index in [1.165, 1.54) is 11.1 Å². The summed E-state index contributed by atoms with van der Waals surface area (Å²) in [5.41, 5.74) is 2.32. The standard InChI is InChI=1S/C20H27N5O2/c1-4-24-17(9-8-16-7-5-6-15(2)12-16)21-22-18(24)23-10-11-25-19(26)27-14-20(25,3)13-23/h5-7,12H,4,8-11,13-14H2,1-3H3. The van der Waals surface area contributed by atoms with Crippen LogP contribution in [0.1, 0.15) is 30.8 Å². The van der Waals surface area contributed by atoms with Gasteiger partial charge in [0.2, 0.25) is 5.95 Å². The summed E-state index contributed by atoms with van der Waals surface area (Å²) >= 11 is 0. The predicted molar refractivity (Wildman–Crippen MR) is 103 cm³/mol. The molecule has 3 heterocycles. The number of piperazine rings is 1. The number of aromatic nitrogens is 3. The van der Waals surface area contributed by atoms with E-state index in [1.54, 1.807) is 0 Å². The molecule has 7 heteroatoms. The molecule has 4 rings (SSSR count). The molecule has 7 nitrogen and oxygen atoms in total. The summed E-state index contributed by atoms with van der Waals surface area (Å²) in [6.07, 6.45) is 1.62. The Labute approximate surface area is 159 Å². The SMILES string of the molecule is CCn1c(CCc2cccc(C)c2)nnc1N1CCN2C(=O)OCC2(C)C1. The maximum Gasteiger partial charge on any atom is 0.410 e. The third-order valence-electron chi connectivity index (χ3n) is 5.63. The zero-order valence-corrected chi connectivity index (χ0v) is 16.3. The fraction of sp³-hybridized carbons (Fsp3) is 0.550. The Hall–Kier alpha value is -2.57. The molecule has 2 saturated heterocycles. The number of cyclic esters (lactones) is 1. The molecule has 0 N–H and O–H groups in total. The number of hydrogen-bond donors (Lipinski definition) is 0. The molecule has 144 valence electrons. The Morgan fingerprint density at radius 1 is 1.22 bits per heavy atom. The quantitative estimate of drug-likeness (QED) is 0.810. The molecule has 0 radical (unpaired) electrons. The second-order valence-corrected chi connectivity index (χ2v) is 7.77. The highest BCUT2D eigenvalue weighted by Gasteiger charge is 2.48. The van der Waals surface area contributed by atoms with Gasteiger partial charge in [-0.1, -0.05) is 29.8 Å². The van der Waals surface area contributed by atoms with Crippen molar-refractivity contribution in [2.45, 2.75) is 45.7 Å². The summed E-state index contributed by atoms with van der Waals surface area (Å²) in [5.74, 6) is 1.91. The van der Waals surface area contributed by atoms with Gasteiger partial charge >= 0.3 is 6.09 Å². The number of fused-ring (bicyclic) bond motifs is 1. The summed E-state index contributed by atoms with van der Waals surface area (Å²) < 4.78 is 7.46. The second kappa shape index (κ2) is 6.87. The molecule has 0 aliphatic carbocycles. The van der Waals surface area contributed by atoms with Gasteiger partial charge in [0.15, 0.2) is 0 Å². The maximum absolute atomic E-state index is 11.9. The number of rotatable bonds is 5. The van der Waals surface area contributed by atoms with E-state index in [1.807, 2.05) is 4.90 Å². The van der Waals surface area contributed by atoms with E-state index < -0.39 is 0 Å². The lowest BCUT2D eigenvalue weighted by molar-refractivity contribution is 0.147. The molecule has 1 unspecified atom stereocenters. The lowest BCUT2D eigenvalue weighted by atomic mass is 9.99. The summed E-state index contributed by atoms with van der Waals surface area (Å²) in [6.45, 7) is 9.72. The van der Waals surface area contributed by atoms with E-state index in [-0.39, 0.29) is 11.6 Å². The highest BCUT2D eigenvalue weighted by Crippen LogP contribution is 2.30. The average Bonchev–Trinajstić information content (AvgIpc) is 3.20. The van der Waals surface area contributed by atoms with Crippen molar-refractivity contribution in [3.05, 3.63) is 41.2 Å². The first-order chi connectivity index (χ1) is 13.0. The van der Waals surface area contributed by atoms with Crippen LogP contribution in [0.25, 0.3) is 0 Å². The number of amides is 1. The largest absolute Gasteiger partial charge is 0.447 e. The number of ether oxygens (including phenoxy) is 1. The molecule has 2 aliphatic heterocycles. The van der Waals surface area contributed by atoms with E-state index in [2.05, 4.69) is 64.7 Å². The highest BCUT2D eigenvalue weighted by molar-refractivity contribution is 5.71. The van der Waals surface area contributed by atoms with Gasteiger partial charge in [-0.05, 0) is 32.8 Å². The van der Waals surface area contributed by atoms with Crippen LogP contribution < -0.4 is 4.90 Å². The van der Waals surface area contributed by atoms with Crippen molar-refractivity contribution >= 4 is 12.0 Å². The monoisotopic (exact) mass is 369 g/mol. The van der Waals surface area contributed by atoms with Crippen molar-refractivity contribution in [2.75, 3.05) is 31.1 Å². The van der Waals surface area contributed by atoms with Crippen molar-refractivity contribution in [3.63, 3.8) is 0 Å². The van der Waals surface area contributed by atoms with Gasteiger partial charge in [0.1, 0.15) is 12.4 Å². The minimum atomic E-state index is -0.290. The highest BCUT2D eigenvalue weighted by atomic mass is 16.6. The Morgan fingerprint density at radius 2 is 2.07 bits per heavy atom. The Balaban J connectivity index is 1.50. The molecular formula is C20H27N5O2. The minimum Gasteiger partial charge on any atom is -0.447 e. The van der Waals surface area contributed by atoms with E-state index >= 15 is 0 Å². The van der Waals surface area contributed by atoms with Crippen LogP contribution in [-0.2, 0) is 24.1 Å². The molecule has 1 aromatic heterocycles. The van der Waals surface area contributed by atoms with E-state index in [0.29, 0.717) is 13.2 Å². The minimum absolute atomic E-state index is 0.201. The average molecular weight is 369 g/mol. The molecule has 1 atom stereocenters. The molecule has 0 spiro atoms. The van der Waals surface area contributed by atoms with Crippen LogP contribution in [0.3, 0.4) is 0 Å². The van der Waals surface area contributed by atoms with Crippen molar-refractivity contribution in [3.8, 4) is 0 Å². The summed E-state index contributed by atoms with van der Waals surface area (Å²) in [5, 5.41) is 8.98. The summed E-state index contributed by atoms with van der Waals surface area (Å²) in [6, 6.07) is 8.61. The van der Waals surface area contributed by atoms with Gasteiger partial charge in [0, 0.05) is 32.6 Å². The first-order valence-electron chi connectivity index (χ1n) is 9.67. The van der Waals surface area contributed by atoms with Crippen LogP contribution in [0.5, 0.6) is 0 Å². The lowest BCUT2D eigenvalue weighted by Gasteiger charge is -2.42. The third kappa shape index (κ3) is 3.26. The molecule has 2 aromatic rings. The van der Waals surface area contributed by atoms with Crippen molar-refractivity contribution in [2.24, 2.45) is 0 Å². The first-order valence-corrected chi connectivity index (χ1v) is 9.67. The fourth-order valence-corrected chi connectivity index (χ4v) is 4.16. The number of aryl methyl sites for hydroxylation is 3. The number of hydrogen-bond acceptors (Lipinski definition) is 5. The molecule has 0 bridgehead atoms. The number of benzene rings is 1. The van der Waals surface area contributed by atoms with Crippen LogP contribution in [-0.4, -0.2) is 57.5 Å². The topological polar surface area (TPSA) is 63.5 Å². The molecule has 2 fully saturated rings. The number of nitrogens with zero attached hydrogens (tertiary/aromatic N) is 5. The van der Waals surface area contributed by atoms with Crippen molar-refractivity contribution in [1.29, 1.82) is 0 Å². The van der Waals surface area contributed by atoms with Crippen molar-refractivity contribution in [1.82, 2.24) is 19.7 Å². The van der Waals surface area contributed by atoms with Gasteiger partial charge in [0.25, 0.3) is 0 Å². The first kappa shape index (κ1) is 17.8. The summed E-state index contributed by atoms with van der Waals surface area (Å²) in [7, 11) is 0. The predicted octanol–water partition coefficient (Wildman–Crippen LogP) is 2.42. The summed E-state index contributed by atoms with van der Waals surface area (Å²) in [4.78, 5) is 16.0. The second-order valence-electron chi connectivity index (χ2n) is 7.77. The van der Waals surface area contributed by atoms with Gasteiger partial charge in [-0.2, -0.15) is 0 Å². The normalized spacial score (nSPS) is 22.1. The van der Waals surface area contributed by atoms with Gasteiger partial charge in [-0.3, -0.25) is 9.47 Å². The van der Waals surface area contributed by atoms with Gasteiger partial charge in [-0.25, -0.2) is 4.79 Å². The lowest BCUT2D eigenvalue weighted by Crippen LogP contribution is -2.60. The van der Waals surface area contributed by atoms with Gasteiger partial charge < -0.3 is 9.64 Å². The third-order valence-corrected chi connectivity index (χ3v) is 5.63. The molecule has 2 aliphatic rings. The number of anilines is 1. The maximum atomic E-state index is 11.9. The smallest absolute Gasteiger partial charge is 0.410 e. The van der Waals surface area contributed by atoms with Gasteiger partial charge in [0.05, 0.1) is 5.54 Å².